The van der Waals surface area contributed by atoms with Crippen LogP contribution in [0.3, 0.4) is 0 Å². The number of ether oxygens (including phenoxy) is 1. The van der Waals surface area contributed by atoms with Crippen LogP contribution in [0.4, 0.5) is 18.9 Å². The monoisotopic (exact) mass is 434 g/mol. The third-order valence-corrected chi connectivity index (χ3v) is 5.25. The van der Waals surface area contributed by atoms with Crippen molar-refractivity contribution in [2.24, 2.45) is 0 Å². The Morgan fingerprint density at radius 1 is 1.07 bits per heavy atom. The van der Waals surface area contributed by atoms with Crippen LogP contribution in [0.1, 0.15) is 12.0 Å². The minimum atomic E-state index is -4.51. The van der Waals surface area contributed by atoms with E-state index >= 15 is 0 Å². The second kappa shape index (κ2) is 8.07. The predicted octanol–water partition coefficient (Wildman–Crippen LogP) is 5.78. The summed E-state index contributed by atoms with van der Waals surface area (Å²) in [4.78, 5) is 5.69. The molecule has 0 aliphatic carbocycles. The van der Waals surface area contributed by atoms with E-state index in [1.807, 2.05) is 47.4 Å². The molecule has 2 aromatic carbocycles. The number of hydrogen-bond donors (Lipinski definition) is 1. The van der Waals surface area contributed by atoms with Crippen LogP contribution < -0.4 is 9.64 Å². The number of phenolic OH excluding ortho intramolecular Hbond substituents is 1. The van der Waals surface area contributed by atoms with Crippen LogP contribution in [0.2, 0.25) is 5.02 Å². The van der Waals surface area contributed by atoms with E-state index in [9.17, 15) is 18.3 Å². The topological polar surface area (TPSA) is 45.6 Å². The van der Waals surface area contributed by atoms with Crippen molar-refractivity contribution in [2.75, 3.05) is 18.0 Å². The molecule has 0 radical (unpaired) electrons. The zero-order valence-corrected chi connectivity index (χ0v) is 16.5. The van der Waals surface area contributed by atoms with Gasteiger partial charge < -0.3 is 14.7 Å². The van der Waals surface area contributed by atoms with Gasteiger partial charge in [0.1, 0.15) is 16.9 Å². The Labute approximate surface area is 176 Å². The average molecular weight is 435 g/mol. The third kappa shape index (κ3) is 4.31. The maximum atomic E-state index is 12.7. The van der Waals surface area contributed by atoms with Crippen molar-refractivity contribution in [1.82, 2.24) is 4.98 Å². The lowest BCUT2D eigenvalue weighted by molar-refractivity contribution is -0.137. The molecule has 1 N–H and O–H groups in total. The zero-order valence-electron chi connectivity index (χ0n) is 15.7. The average Bonchev–Trinajstić information content (AvgIpc) is 3.17. The highest BCUT2D eigenvalue weighted by Crippen LogP contribution is 2.36. The van der Waals surface area contributed by atoms with E-state index in [0.29, 0.717) is 31.4 Å². The number of phenols is 1. The number of halogens is 4. The van der Waals surface area contributed by atoms with Crippen molar-refractivity contribution in [3.05, 3.63) is 71.4 Å². The van der Waals surface area contributed by atoms with Gasteiger partial charge in [0.2, 0.25) is 5.88 Å². The fraction of sp³-hybridized carbons (Fsp3) is 0.227. The van der Waals surface area contributed by atoms with Gasteiger partial charge in [-0.3, -0.25) is 0 Å². The Bertz CT molecular complexity index is 1040. The van der Waals surface area contributed by atoms with Crippen molar-refractivity contribution < 1.29 is 23.0 Å². The third-order valence-electron chi connectivity index (χ3n) is 4.98. The molecule has 2 heterocycles. The highest BCUT2D eigenvalue weighted by atomic mass is 35.5. The summed E-state index contributed by atoms with van der Waals surface area (Å²) in [6.07, 6.45) is -3.48. The molecule has 0 saturated carbocycles. The maximum Gasteiger partial charge on any atom is 0.417 e. The number of benzene rings is 2. The Kier molecular flexibility index (Phi) is 5.47. The number of anilines is 1. The van der Waals surface area contributed by atoms with Crippen LogP contribution in [0.5, 0.6) is 11.6 Å². The molecule has 4 rings (SSSR count). The Morgan fingerprint density at radius 2 is 1.83 bits per heavy atom. The van der Waals surface area contributed by atoms with Crippen LogP contribution >= 0.6 is 11.6 Å². The number of hydrogen-bond acceptors (Lipinski definition) is 4. The molecule has 0 spiro atoms. The highest BCUT2D eigenvalue weighted by molar-refractivity contribution is 6.31. The SMILES string of the molecule is Oc1cc(-c2ccccc2)ccc1N1CC[C@@H](Oc2ncc(C(F)(F)F)cc2Cl)C1. The van der Waals surface area contributed by atoms with Crippen LogP contribution in [-0.4, -0.2) is 29.3 Å². The molecule has 156 valence electrons. The summed E-state index contributed by atoms with van der Waals surface area (Å²) in [5.41, 5.74) is 1.66. The van der Waals surface area contributed by atoms with E-state index in [1.54, 1.807) is 6.07 Å². The van der Waals surface area contributed by atoms with Crippen molar-refractivity contribution in [2.45, 2.75) is 18.7 Å². The minimum absolute atomic E-state index is 0.0276. The molecule has 4 nitrogen and oxygen atoms in total. The lowest BCUT2D eigenvalue weighted by atomic mass is 10.0. The zero-order chi connectivity index (χ0) is 21.3. The molecular weight excluding hydrogens is 417 g/mol. The van der Waals surface area contributed by atoms with Gasteiger partial charge in [0, 0.05) is 19.2 Å². The summed E-state index contributed by atoms with van der Waals surface area (Å²) in [5, 5.41) is 10.3. The normalized spacial score (nSPS) is 16.7. The quantitative estimate of drug-likeness (QED) is 0.565. The number of alkyl halides is 3. The van der Waals surface area contributed by atoms with Crippen molar-refractivity contribution in [1.29, 1.82) is 0 Å². The molecule has 8 heteroatoms. The summed E-state index contributed by atoms with van der Waals surface area (Å²) in [5.74, 6) is 0.128. The summed E-state index contributed by atoms with van der Waals surface area (Å²) < 4.78 is 44.0. The van der Waals surface area contributed by atoms with Crippen LogP contribution in [0.25, 0.3) is 11.1 Å². The molecule has 1 aromatic heterocycles. The van der Waals surface area contributed by atoms with Crippen LogP contribution in [-0.2, 0) is 6.18 Å². The summed E-state index contributed by atoms with van der Waals surface area (Å²) in [6.45, 7) is 1.08. The first-order valence-corrected chi connectivity index (χ1v) is 9.72. The van der Waals surface area contributed by atoms with Gasteiger partial charge >= 0.3 is 6.18 Å². The molecule has 1 aliphatic heterocycles. The molecule has 0 unspecified atom stereocenters. The molecule has 30 heavy (non-hydrogen) atoms. The first-order chi connectivity index (χ1) is 14.3. The standard InChI is InChI=1S/C22H18ClF3N2O2/c23-18-11-16(22(24,25)26)12-27-21(18)30-17-8-9-28(13-17)19-7-6-15(10-20(19)29)14-4-2-1-3-5-14/h1-7,10-12,17,29H,8-9,13H2/t17-/m1/s1. The number of aromatic hydroxyl groups is 1. The number of nitrogens with zero attached hydrogens (tertiary/aromatic N) is 2. The Hall–Kier alpha value is -2.93. The van der Waals surface area contributed by atoms with Gasteiger partial charge in [0.25, 0.3) is 0 Å². The van der Waals surface area contributed by atoms with Gasteiger partial charge in [-0.05, 0) is 29.3 Å². The smallest absolute Gasteiger partial charge is 0.417 e. The predicted molar refractivity (Wildman–Crippen MR) is 109 cm³/mol. The molecule has 1 saturated heterocycles. The van der Waals surface area contributed by atoms with Crippen LogP contribution in [0, 0.1) is 0 Å². The van der Waals surface area contributed by atoms with E-state index in [0.717, 1.165) is 17.2 Å². The maximum absolute atomic E-state index is 12.7. The van der Waals surface area contributed by atoms with Crippen LogP contribution in [0.15, 0.2) is 60.8 Å². The number of aromatic nitrogens is 1. The highest BCUT2D eigenvalue weighted by Gasteiger charge is 2.32. The van der Waals surface area contributed by atoms with Gasteiger partial charge in [0.15, 0.2) is 0 Å². The molecule has 1 aliphatic rings. The van der Waals surface area contributed by atoms with Crippen molar-refractivity contribution in [3.8, 4) is 22.8 Å². The molecule has 1 atom stereocenters. The molecule has 0 amide bonds. The van der Waals surface area contributed by atoms with Crippen molar-refractivity contribution >= 4 is 17.3 Å². The number of pyridine rings is 1. The van der Waals surface area contributed by atoms with E-state index in [4.69, 9.17) is 16.3 Å². The van der Waals surface area contributed by atoms with Gasteiger partial charge in [-0.2, -0.15) is 13.2 Å². The Balaban J connectivity index is 1.45. The van der Waals surface area contributed by atoms with E-state index in [1.165, 1.54) is 0 Å². The van der Waals surface area contributed by atoms with Gasteiger partial charge in [-0.1, -0.05) is 48.0 Å². The molecule has 0 bridgehead atoms. The minimum Gasteiger partial charge on any atom is -0.506 e. The summed E-state index contributed by atoms with van der Waals surface area (Å²) >= 11 is 5.93. The largest absolute Gasteiger partial charge is 0.506 e. The van der Waals surface area contributed by atoms with E-state index in [2.05, 4.69) is 4.98 Å². The first kappa shape index (κ1) is 20.3. The second-order valence-corrected chi connectivity index (χ2v) is 7.46. The van der Waals surface area contributed by atoms with Crippen molar-refractivity contribution in [3.63, 3.8) is 0 Å². The van der Waals surface area contributed by atoms with E-state index < -0.39 is 11.7 Å². The van der Waals surface area contributed by atoms with Gasteiger partial charge in [-0.25, -0.2) is 4.98 Å². The lowest BCUT2D eigenvalue weighted by Gasteiger charge is -2.21. The molecular formula is C22H18ClF3N2O2. The fourth-order valence-electron chi connectivity index (χ4n) is 3.47. The van der Waals surface area contributed by atoms with E-state index in [-0.39, 0.29) is 22.8 Å². The fourth-order valence-corrected chi connectivity index (χ4v) is 3.68. The lowest BCUT2D eigenvalue weighted by Crippen LogP contribution is -2.25. The second-order valence-electron chi connectivity index (χ2n) is 7.05. The molecule has 3 aromatic rings. The Morgan fingerprint density at radius 3 is 2.50 bits per heavy atom. The first-order valence-electron chi connectivity index (χ1n) is 9.34. The van der Waals surface area contributed by atoms with Gasteiger partial charge in [-0.15, -0.1) is 0 Å². The summed E-state index contributed by atoms with van der Waals surface area (Å²) in [6, 6.07) is 16.0. The van der Waals surface area contributed by atoms with Gasteiger partial charge in [0.05, 0.1) is 17.8 Å². The number of rotatable bonds is 4. The molecule has 1 fully saturated rings. The summed E-state index contributed by atoms with van der Waals surface area (Å²) in [7, 11) is 0.